The molecule has 1 aromatic carbocycles. The van der Waals surface area contributed by atoms with Crippen LogP contribution >= 0.6 is 34.4 Å². The Morgan fingerprint density at radius 2 is 2.05 bits per heavy atom. The summed E-state index contributed by atoms with van der Waals surface area (Å²) in [7, 11) is 0. The summed E-state index contributed by atoms with van der Waals surface area (Å²) in [6.45, 7) is 8.15. The van der Waals surface area contributed by atoms with Crippen molar-refractivity contribution < 1.29 is 9.59 Å². The molecule has 39 heavy (non-hydrogen) atoms. The summed E-state index contributed by atoms with van der Waals surface area (Å²) in [4.78, 5) is 28.8. The topological polar surface area (TPSA) is 125 Å². The van der Waals surface area contributed by atoms with E-state index in [2.05, 4.69) is 35.4 Å². The van der Waals surface area contributed by atoms with Gasteiger partial charge in [0.1, 0.15) is 5.82 Å². The highest BCUT2D eigenvalue weighted by Crippen LogP contribution is 2.51. The third-order valence-electron chi connectivity index (χ3n) is 6.91. The first-order chi connectivity index (χ1) is 18.6. The SMILES string of the molecule is Cc1ccc(NC(=O)CSc2nnc(N3C(N)=C(C#N)C(c4cccs4)C4=C3CC(C)(C)CC4=O)s2)cc1C. The Balaban J connectivity index is 1.42. The summed E-state index contributed by atoms with van der Waals surface area (Å²) in [6.07, 6.45) is 1.00. The third-order valence-corrected chi connectivity index (χ3v) is 9.89. The summed E-state index contributed by atoms with van der Waals surface area (Å²) in [5.41, 5.74) is 11.1. The average Bonchev–Trinajstić information content (AvgIpc) is 3.56. The second-order valence-electron chi connectivity index (χ2n) is 10.5. The summed E-state index contributed by atoms with van der Waals surface area (Å²) in [5.74, 6) is -0.184. The second-order valence-corrected chi connectivity index (χ2v) is 13.6. The predicted octanol–water partition coefficient (Wildman–Crippen LogP) is 5.89. The van der Waals surface area contributed by atoms with Gasteiger partial charge in [-0.2, -0.15) is 5.26 Å². The summed E-state index contributed by atoms with van der Waals surface area (Å²) in [5, 5.41) is 24.1. The summed E-state index contributed by atoms with van der Waals surface area (Å²) >= 11 is 4.07. The van der Waals surface area contributed by atoms with Crippen molar-refractivity contribution in [2.45, 2.75) is 50.8 Å². The van der Waals surface area contributed by atoms with Crippen molar-refractivity contribution in [2.75, 3.05) is 16.0 Å². The first kappa shape index (κ1) is 27.1. The molecule has 0 bridgehead atoms. The Morgan fingerprint density at radius 3 is 2.74 bits per heavy atom. The molecule has 0 fully saturated rings. The molecule has 2 aromatic heterocycles. The Bertz CT molecular complexity index is 1560. The molecule has 3 heterocycles. The quantitative estimate of drug-likeness (QED) is 0.348. The van der Waals surface area contributed by atoms with Crippen molar-refractivity contribution in [2.24, 2.45) is 11.1 Å². The van der Waals surface area contributed by atoms with Crippen molar-refractivity contribution in [1.29, 1.82) is 5.26 Å². The van der Waals surface area contributed by atoms with Gasteiger partial charge in [0.15, 0.2) is 10.1 Å². The van der Waals surface area contributed by atoms with Crippen LogP contribution in [0, 0.1) is 30.6 Å². The number of benzene rings is 1. The van der Waals surface area contributed by atoms with Gasteiger partial charge in [-0.05, 0) is 60.4 Å². The molecule has 200 valence electrons. The van der Waals surface area contributed by atoms with Gasteiger partial charge in [0.05, 0.1) is 23.3 Å². The molecule has 5 rings (SSSR count). The lowest BCUT2D eigenvalue weighted by atomic mass is 9.70. The van der Waals surface area contributed by atoms with Gasteiger partial charge in [-0.25, -0.2) is 0 Å². The van der Waals surface area contributed by atoms with Gasteiger partial charge >= 0.3 is 0 Å². The Morgan fingerprint density at radius 1 is 1.26 bits per heavy atom. The van der Waals surface area contributed by atoms with Crippen LogP contribution < -0.4 is 16.0 Å². The molecule has 11 heteroatoms. The number of thioether (sulfide) groups is 1. The van der Waals surface area contributed by atoms with Crippen LogP contribution in [0.1, 0.15) is 48.6 Å². The average molecular weight is 577 g/mol. The first-order valence-corrected chi connectivity index (χ1v) is 15.1. The van der Waals surface area contributed by atoms with Crippen molar-refractivity contribution in [3.8, 4) is 6.07 Å². The highest BCUT2D eigenvalue weighted by atomic mass is 32.2. The molecular weight excluding hydrogens is 549 g/mol. The molecule has 3 aromatic rings. The van der Waals surface area contributed by atoms with E-state index in [0.717, 1.165) is 27.4 Å². The van der Waals surface area contributed by atoms with E-state index in [1.807, 2.05) is 49.6 Å². The summed E-state index contributed by atoms with van der Waals surface area (Å²) in [6, 6.07) is 11.9. The minimum Gasteiger partial charge on any atom is -0.384 e. The lowest BCUT2D eigenvalue weighted by molar-refractivity contribution is -0.118. The lowest BCUT2D eigenvalue weighted by Crippen LogP contribution is -2.42. The van der Waals surface area contributed by atoms with Crippen molar-refractivity contribution in [3.05, 3.63) is 74.4 Å². The van der Waals surface area contributed by atoms with Gasteiger partial charge in [0.25, 0.3) is 0 Å². The zero-order chi connectivity index (χ0) is 27.9. The number of aromatic nitrogens is 2. The summed E-state index contributed by atoms with van der Waals surface area (Å²) < 4.78 is 0.593. The molecule has 2 aliphatic rings. The molecule has 0 saturated heterocycles. The van der Waals surface area contributed by atoms with Crippen LogP contribution in [-0.2, 0) is 9.59 Å². The van der Waals surface area contributed by atoms with Gasteiger partial charge < -0.3 is 11.1 Å². The predicted molar refractivity (Wildman–Crippen MR) is 157 cm³/mol. The minimum absolute atomic E-state index is 0.0204. The normalized spacial score (nSPS) is 18.7. The molecule has 0 radical (unpaired) electrons. The zero-order valence-corrected chi connectivity index (χ0v) is 24.5. The number of hydrogen-bond acceptors (Lipinski definition) is 10. The number of ketones is 1. The highest BCUT2D eigenvalue weighted by Gasteiger charge is 2.45. The highest BCUT2D eigenvalue weighted by molar-refractivity contribution is 8.01. The molecule has 0 spiro atoms. The fourth-order valence-electron chi connectivity index (χ4n) is 4.96. The number of amides is 1. The number of anilines is 2. The zero-order valence-electron chi connectivity index (χ0n) is 22.1. The van der Waals surface area contributed by atoms with Gasteiger partial charge in [0.2, 0.25) is 11.0 Å². The van der Waals surface area contributed by atoms with E-state index < -0.39 is 5.92 Å². The van der Waals surface area contributed by atoms with E-state index in [-0.39, 0.29) is 28.7 Å². The number of Topliss-reactive ketones (excluding diaryl/α,β-unsaturated/α-hetero) is 1. The van der Waals surface area contributed by atoms with E-state index in [0.29, 0.717) is 33.5 Å². The van der Waals surface area contributed by atoms with Crippen molar-refractivity contribution >= 4 is 56.9 Å². The standard InChI is InChI=1S/C28H28N6O2S3/c1-15-7-8-17(10-16(15)2)31-22(36)14-38-27-33-32-26(39-27)34-19-11-28(3,4)12-20(35)24(19)23(18(13-29)25(34)30)21-6-5-9-37-21/h5-10,23H,11-12,14,30H2,1-4H3,(H,31,36). The maximum absolute atomic E-state index is 13.5. The van der Waals surface area contributed by atoms with Gasteiger partial charge in [-0.1, -0.05) is 49.1 Å². The largest absolute Gasteiger partial charge is 0.384 e. The number of nitrogens with two attached hydrogens (primary N) is 1. The number of nitrogens with zero attached hydrogens (tertiary/aromatic N) is 4. The van der Waals surface area contributed by atoms with E-state index in [4.69, 9.17) is 5.73 Å². The molecule has 1 unspecified atom stereocenters. The maximum Gasteiger partial charge on any atom is 0.234 e. The minimum atomic E-state index is -0.485. The molecule has 8 nitrogen and oxygen atoms in total. The van der Waals surface area contributed by atoms with E-state index >= 15 is 0 Å². The number of aryl methyl sites for hydroxylation is 2. The molecule has 1 amide bonds. The van der Waals surface area contributed by atoms with Crippen LogP contribution in [0.15, 0.2) is 62.7 Å². The molecule has 1 aliphatic heterocycles. The smallest absolute Gasteiger partial charge is 0.234 e. The Kier molecular flexibility index (Phi) is 7.37. The third kappa shape index (κ3) is 5.37. The van der Waals surface area contributed by atoms with Gasteiger partial charge in [-0.3, -0.25) is 14.5 Å². The number of carbonyl (C=O) groups is 2. The molecule has 0 saturated carbocycles. The number of thiophene rings is 1. The number of rotatable bonds is 6. The van der Waals surface area contributed by atoms with Crippen LogP contribution in [0.25, 0.3) is 0 Å². The first-order valence-electron chi connectivity index (χ1n) is 12.4. The lowest BCUT2D eigenvalue weighted by Gasteiger charge is -2.42. The van der Waals surface area contributed by atoms with Crippen LogP contribution in [-0.4, -0.2) is 27.6 Å². The van der Waals surface area contributed by atoms with Crippen molar-refractivity contribution in [1.82, 2.24) is 10.2 Å². The van der Waals surface area contributed by atoms with Crippen LogP contribution in [0.5, 0.6) is 0 Å². The molecule has 3 N–H and O–H groups in total. The van der Waals surface area contributed by atoms with Crippen LogP contribution in [0.3, 0.4) is 0 Å². The monoisotopic (exact) mass is 576 g/mol. The number of nitrogens with one attached hydrogen (secondary N) is 1. The van der Waals surface area contributed by atoms with Gasteiger partial charge in [0, 0.05) is 28.3 Å². The second kappa shape index (κ2) is 10.6. The van der Waals surface area contributed by atoms with E-state index in [9.17, 15) is 14.9 Å². The fourth-order valence-corrected chi connectivity index (χ4v) is 7.49. The molecular formula is C28H28N6O2S3. The molecule has 1 aliphatic carbocycles. The number of nitriles is 1. The van der Waals surface area contributed by atoms with Crippen LogP contribution in [0.2, 0.25) is 0 Å². The molecule has 1 atom stereocenters. The number of carbonyl (C=O) groups excluding carboxylic acids is 2. The van der Waals surface area contributed by atoms with Crippen LogP contribution in [0.4, 0.5) is 10.8 Å². The van der Waals surface area contributed by atoms with E-state index in [1.165, 1.54) is 34.4 Å². The Hall–Kier alpha value is -3.46. The number of hydrogen-bond donors (Lipinski definition) is 2. The fraction of sp³-hybridized carbons (Fsp3) is 0.321. The van der Waals surface area contributed by atoms with Crippen molar-refractivity contribution in [3.63, 3.8) is 0 Å². The maximum atomic E-state index is 13.5. The number of allylic oxidation sites excluding steroid dienone is 3. The van der Waals surface area contributed by atoms with E-state index in [1.54, 1.807) is 4.90 Å². The van der Waals surface area contributed by atoms with Gasteiger partial charge in [-0.15, -0.1) is 21.5 Å². The Labute approximate surface area is 239 Å².